The van der Waals surface area contributed by atoms with E-state index in [2.05, 4.69) is 24.3 Å². The van der Waals surface area contributed by atoms with Gasteiger partial charge in [0.15, 0.2) is 18.2 Å². The topological polar surface area (TPSA) is 41.3 Å². The van der Waals surface area contributed by atoms with Crippen molar-refractivity contribution in [3.05, 3.63) is 66.0 Å². The summed E-state index contributed by atoms with van der Waals surface area (Å²) in [7, 11) is 0. The summed E-state index contributed by atoms with van der Waals surface area (Å²) < 4.78 is 1.80. The maximum absolute atomic E-state index is 12.5. The number of aromatic nitrogens is 1. The normalized spacial score (nSPS) is 15.2. The van der Waals surface area contributed by atoms with Gasteiger partial charge < -0.3 is 4.90 Å². The Morgan fingerprint density at radius 3 is 2.48 bits per heavy atom. The van der Waals surface area contributed by atoms with Crippen LogP contribution in [0.25, 0.3) is 0 Å². The highest BCUT2D eigenvalue weighted by atomic mass is 16.2. The van der Waals surface area contributed by atoms with Crippen LogP contribution in [0, 0.1) is 5.92 Å². The van der Waals surface area contributed by atoms with Gasteiger partial charge in [0.25, 0.3) is 5.91 Å². The number of pyridine rings is 1. The van der Waals surface area contributed by atoms with Crippen LogP contribution < -0.4 is 4.57 Å². The first kappa shape index (κ1) is 17.3. The molecule has 0 bridgehead atoms. The van der Waals surface area contributed by atoms with Crippen molar-refractivity contribution in [3.63, 3.8) is 0 Å². The number of hydrogen-bond acceptors (Lipinski definition) is 2. The number of ketones is 1. The number of hydrogen-bond donors (Lipinski definition) is 0. The molecule has 1 aromatic heterocycles. The van der Waals surface area contributed by atoms with Crippen LogP contribution in [0.4, 0.5) is 0 Å². The number of carbonyl (C=O) groups excluding carboxylic acids is 2. The molecule has 1 aromatic carbocycles. The molecule has 1 aliphatic rings. The second-order valence-electron chi connectivity index (χ2n) is 6.84. The molecule has 2 aromatic rings. The van der Waals surface area contributed by atoms with Crippen LogP contribution in [0.2, 0.25) is 0 Å². The summed E-state index contributed by atoms with van der Waals surface area (Å²) in [4.78, 5) is 25.9. The van der Waals surface area contributed by atoms with Crippen molar-refractivity contribution < 1.29 is 14.2 Å². The highest BCUT2D eigenvalue weighted by molar-refractivity contribution is 5.93. The Morgan fingerprint density at radius 2 is 1.80 bits per heavy atom. The number of benzene rings is 1. The van der Waals surface area contributed by atoms with Crippen LogP contribution >= 0.6 is 0 Å². The van der Waals surface area contributed by atoms with Crippen LogP contribution in [-0.4, -0.2) is 29.7 Å². The van der Waals surface area contributed by atoms with Gasteiger partial charge in [-0.1, -0.05) is 30.3 Å². The van der Waals surface area contributed by atoms with E-state index in [1.54, 1.807) is 23.8 Å². The lowest BCUT2D eigenvalue weighted by atomic mass is 9.90. The molecule has 130 valence electrons. The molecular formula is C21H25N2O2+. The van der Waals surface area contributed by atoms with Crippen molar-refractivity contribution in [3.8, 4) is 0 Å². The van der Waals surface area contributed by atoms with Crippen molar-refractivity contribution in [2.24, 2.45) is 5.92 Å². The predicted molar refractivity (Wildman–Crippen MR) is 96.1 cm³/mol. The van der Waals surface area contributed by atoms with E-state index in [-0.39, 0.29) is 11.7 Å². The van der Waals surface area contributed by atoms with E-state index in [0.717, 1.165) is 32.4 Å². The highest BCUT2D eigenvalue weighted by Gasteiger charge is 2.25. The zero-order valence-corrected chi connectivity index (χ0v) is 14.7. The quantitative estimate of drug-likeness (QED) is 0.622. The molecule has 0 N–H and O–H groups in total. The molecule has 0 radical (unpaired) electrons. The SMILES string of the molecule is CC(=O)c1ccc[n+](CC(=O)N2CCC(Cc3ccccc3)CC2)c1. The second kappa shape index (κ2) is 8.06. The summed E-state index contributed by atoms with van der Waals surface area (Å²) in [6.07, 6.45) is 6.80. The molecule has 4 nitrogen and oxygen atoms in total. The molecular weight excluding hydrogens is 312 g/mol. The van der Waals surface area contributed by atoms with Gasteiger partial charge in [-0.05, 0) is 43.7 Å². The Balaban J connectivity index is 1.51. The first-order valence-electron chi connectivity index (χ1n) is 8.93. The standard InChI is InChI=1S/C21H25N2O2/c1-17(24)20-8-5-11-22(15-20)16-21(25)23-12-9-19(10-13-23)14-18-6-3-2-4-7-18/h2-8,11,15,19H,9-10,12-14,16H2,1H3/q+1. The van der Waals surface area contributed by atoms with E-state index in [9.17, 15) is 9.59 Å². The summed E-state index contributed by atoms with van der Waals surface area (Å²) in [5, 5.41) is 0. The predicted octanol–water partition coefficient (Wildman–Crippen LogP) is 2.66. The van der Waals surface area contributed by atoms with Crippen LogP contribution in [0.3, 0.4) is 0 Å². The molecule has 0 unspecified atom stereocenters. The van der Waals surface area contributed by atoms with E-state index in [1.807, 2.05) is 23.2 Å². The lowest BCUT2D eigenvalue weighted by molar-refractivity contribution is -0.685. The number of rotatable bonds is 5. The first-order valence-corrected chi connectivity index (χ1v) is 8.93. The summed E-state index contributed by atoms with van der Waals surface area (Å²) in [5.74, 6) is 0.799. The minimum atomic E-state index is 0.0172. The summed E-state index contributed by atoms with van der Waals surface area (Å²) in [5.41, 5.74) is 2.01. The fraction of sp³-hybridized carbons (Fsp3) is 0.381. The van der Waals surface area contributed by atoms with Crippen LogP contribution in [0.15, 0.2) is 54.9 Å². The van der Waals surface area contributed by atoms with Crippen LogP contribution in [-0.2, 0) is 17.8 Å². The van der Waals surface area contributed by atoms with E-state index in [1.165, 1.54) is 5.56 Å². The zero-order valence-electron chi connectivity index (χ0n) is 14.7. The van der Waals surface area contributed by atoms with Gasteiger partial charge in [-0.15, -0.1) is 0 Å². The molecule has 0 saturated carbocycles. The molecule has 1 aliphatic heterocycles. The minimum absolute atomic E-state index is 0.0172. The van der Waals surface area contributed by atoms with Crippen molar-refractivity contribution in [1.29, 1.82) is 0 Å². The Morgan fingerprint density at radius 1 is 1.08 bits per heavy atom. The van der Waals surface area contributed by atoms with Gasteiger partial charge in [0.1, 0.15) is 0 Å². The van der Waals surface area contributed by atoms with Gasteiger partial charge >= 0.3 is 0 Å². The van der Waals surface area contributed by atoms with Gasteiger partial charge in [0, 0.05) is 19.2 Å². The molecule has 0 atom stereocenters. The van der Waals surface area contributed by atoms with E-state index < -0.39 is 0 Å². The minimum Gasteiger partial charge on any atom is -0.337 e. The molecule has 1 amide bonds. The summed E-state index contributed by atoms with van der Waals surface area (Å²) >= 11 is 0. The fourth-order valence-electron chi connectivity index (χ4n) is 3.42. The van der Waals surface area contributed by atoms with Gasteiger partial charge in [-0.3, -0.25) is 9.59 Å². The van der Waals surface area contributed by atoms with Gasteiger partial charge in [0.2, 0.25) is 6.54 Å². The third-order valence-electron chi connectivity index (χ3n) is 4.92. The molecule has 0 aliphatic carbocycles. The fourth-order valence-corrected chi connectivity index (χ4v) is 3.42. The Kier molecular flexibility index (Phi) is 5.59. The van der Waals surface area contributed by atoms with Gasteiger partial charge in [-0.2, -0.15) is 4.57 Å². The smallest absolute Gasteiger partial charge is 0.288 e. The summed E-state index contributed by atoms with van der Waals surface area (Å²) in [6.45, 7) is 3.48. The van der Waals surface area contributed by atoms with Gasteiger partial charge in [-0.25, -0.2) is 0 Å². The largest absolute Gasteiger partial charge is 0.337 e. The molecule has 25 heavy (non-hydrogen) atoms. The highest BCUT2D eigenvalue weighted by Crippen LogP contribution is 2.21. The molecule has 0 spiro atoms. The lowest BCUT2D eigenvalue weighted by Crippen LogP contribution is -2.47. The van der Waals surface area contributed by atoms with Gasteiger partial charge in [0.05, 0.1) is 5.56 Å². The number of carbonyl (C=O) groups is 2. The van der Waals surface area contributed by atoms with E-state index in [4.69, 9.17) is 0 Å². The zero-order chi connectivity index (χ0) is 17.6. The van der Waals surface area contributed by atoms with Crippen molar-refractivity contribution >= 4 is 11.7 Å². The number of nitrogens with zero attached hydrogens (tertiary/aromatic N) is 2. The maximum Gasteiger partial charge on any atom is 0.288 e. The van der Waals surface area contributed by atoms with Crippen LogP contribution in [0.5, 0.6) is 0 Å². The Hall–Kier alpha value is -2.49. The number of Topliss-reactive ketones (excluding diaryl/α,β-unsaturated/α-hetero) is 1. The summed E-state index contributed by atoms with van der Waals surface area (Å²) in [6, 6.07) is 14.2. The third kappa shape index (κ3) is 4.75. The maximum atomic E-state index is 12.5. The first-order chi connectivity index (χ1) is 12.1. The molecule has 1 fully saturated rings. The van der Waals surface area contributed by atoms with Crippen LogP contribution in [0.1, 0.15) is 35.7 Å². The molecule has 1 saturated heterocycles. The second-order valence-corrected chi connectivity index (χ2v) is 6.84. The molecule has 2 heterocycles. The Bertz CT molecular complexity index is 735. The van der Waals surface area contributed by atoms with Crippen molar-refractivity contribution in [2.75, 3.05) is 13.1 Å². The average Bonchev–Trinajstić information content (AvgIpc) is 2.63. The molecule has 3 rings (SSSR count). The number of piperidine rings is 1. The Labute approximate surface area is 149 Å². The monoisotopic (exact) mass is 337 g/mol. The number of amides is 1. The van der Waals surface area contributed by atoms with E-state index in [0.29, 0.717) is 18.0 Å². The molecule has 4 heteroatoms. The van der Waals surface area contributed by atoms with Crippen molar-refractivity contribution in [1.82, 2.24) is 4.90 Å². The van der Waals surface area contributed by atoms with Crippen molar-refractivity contribution in [2.45, 2.75) is 32.7 Å². The average molecular weight is 337 g/mol. The lowest BCUT2D eigenvalue weighted by Gasteiger charge is -2.31. The van der Waals surface area contributed by atoms with E-state index >= 15 is 0 Å². The third-order valence-corrected chi connectivity index (χ3v) is 4.92. The number of likely N-dealkylation sites (tertiary alicyclic amines) is 1.